The van der Waals surface area contributed by atoms with Crippen molar-refractivity contribution in [1.82, 2.24) is 0 Å². The van der Waals surface area contributed by atoms with Crippen molar-refractivity contribution in [3.8, 4) is 0 Å². The van der Waals surface area contributed by atoms with Crippen LogP contribution in [0.1, 0.15) is 73.6 Å². The molecule has 0 amide bonds. The van der Waals surface area contributed by atoms with Crippen molar-refractivity contribution in [2.24, 2.45) is 28.6 Å². The molecular formula is C23H32F12O3. The van der Waals surface area contributed by atoms with E-state index in [0.29, 0.717) is 0 Å². The summed E-state index contributed by atoms with van der Waals surface area (Å²) in [6.45, 7) is 8.67. The third-order valence-electron chi connectivity index (χ3n) is 7.49. The summed E-state index contributed by atoms with van der Waals surface area (Å²) in [4.78, 5) is 13.1. The van der Waals surface area contributed by atoms with Crippen molar-refractivity contribution < 1.29 is 67.3 Å². The largest absolute Gasteiger partial charge is 0.439 e. The fourth-order valence-corrected chi connectivity index (χ4v) is 5.24. The zero-order chi connectivity index (χ0) is 30.6. The molecule has 3 nitrogen and oxygen atoms in total. The molecule has 1 aliphatic carbocycles. The quantitative estimate of drug-likeness (QED) is 0.253. The van der Waals surface area contributed by atoms with Gasteiger partial charge in [0, 0.05) is 11.8 Å². The monoisotopic (exact) mass is 584 g/mol. The summed E-state index contributed by atoms with van der Waals surface area (Å²) in [5.74, 6) is -8.17. The fraction of sp³-hybridized carbons (Fsp3) is 0.957. The number of carbonyl (C=O) groups excluding carboxylic acids is 1. The highest BCUT2D eigenvalue weighted by molar-refractivity contribution is 5.77. The molecule has 0 aromatic rings. The molecule has 0 saturated heterocycles. The number of ether oxygens (including phenoxy) is 1. The van der Waals surface area contributed by atoms with E-state index in [0.717, 1.165) is 6.92 Å². The lowest BCUT2D eigenvalue weighted by Crippen LogP contribution is -2.67. The Bertz CT molecular complexity index is 797. The van der Waals surface area contributed by atoms with Crippen LogP contribution in [-0.2, 0) is 9.53 Å². The molecule has 1 N–H and O–H groups in total. The summed E-state index contributed by atoms with van der Waals surface area (Å²) in [5, 5.41) is 9.56. The third-order valence-corrected chi connectivity index (χ3v) is 7.49. The van der Waals surface area contributed by atoms with Gasteiger partial charge in [-0.15, -0.1) is 0 Å². The highest BCUT2D eigenvalue weighted by atomic mass is 19.4. The van der Waals surface area contributed by atoms with Gasteiger partial charge >= 0.3 is 36.3 Å². The van der Waals surface area contributed by atoms with Crippen LogP contribution in [0.4, 0.5) is 52.7 Å². The molecule has 1 rings (SSSR count). The Labute approximate surface area is 212 Å². The number of hydrogen-bond acceptors (Lipinski definition) is 3. The first-order chi connectivity index (χ1) is 16.5. The highest BCUT2D eigenvalue weighted by Crippen LogP contribution is 2.59. The maximum absolute atomic E-state index is 14.2. The molecule has 0 spiro atoms. The van der Waals surface area contributed by atoms with Crippen LogP contribution < -0.4 is 0 Å². The van der Waals surface area contributed by atoms with Gasteiger partial charge in [0.2, 0.25) is 0 Å². The zero-order valence-corrected chi connectivity index (χ0v) is 21.6. The second-order valence-corrected chi connectivity index (χ2v) is 11.7. The molecule has 1 unspecified atom stereocenters. The maximum atomic E-state index is 14.2. The van der Waals surface area contributed by atoms with Crippen molar-refractivity contribution in [2.75, 3.05) is 0 Å². The Kier molecular flexibility index (Phi) is 9.30. The van der Waals surface area contributed by atoms with Gasteiger partial charge in [0.25, 0.3) is 5.60 Å². The van der Waals surface area contributed by atoms with Crippen LogP contribution in [0.3, 0.4) is 0 Å². The van der Waals surface area contributed by atoms with E-state index in [1.54, 1.807) is 20.8 Å². The van der Waals surface area contributed by atoms with Crippen LogP contribution in [0, 0.1) is 28.6 Å². The van der Waals surface area contributed by atoms with Crippen LogP contribution >= 0.6 is 0 Å². The first kappa shape index (κ1) is 34.6. The second kappa shape index (κ2) is 10.2. The van der Waals surface area contributed by atoms with Crippen LogP contribution in [0.5, 0.6) is 0 Å². The van der Waals surface area contributed by atoms with Crippen molar-refractivity contribution in [1.29, 1.82) is 0 Å². The number of carbonyl (C=O) groups is 1. The normalized spacial score (nSPS) is 22.8. The molecule has 0 aromatic carbocycles. The minimum absolute atomic E-state index is 0.195. The predicted molar refractivity (Wildman–Crippen MR) is 110 cm³/mol. The van der Waals surface area contributed by atoms with Gasteiger partial charge in [0.15, 0.2) is 0 Å². The van der Waals surface area contributed by atoms with Gasteiger partial charge in [-0.2, -0.15) is 52.7 Å². The van der Waals surface area contributed by atoms with Gasteiger partial charge in [0.1, 0.15) is 0 Å². The van der Waals surface area contributed by atoms with E-state index in [-0.39, 0.29) is 6.42 Å². The van der Waals surface area contributed by atoms with Gasteiger partial charge in [-0.05, 0) is 50.4 Å². The molecule has 226 valence electrons. The third kappa shape index (κ3) is 6.16. The Morgan fingerprint density at radius 1 is 0.711 bits per heavy atom. The maximum Gasteiger partial charge on any atom is 0.437 e. The van der Waals surface area contributed by atoms with Crippen molar-refractivity contribution in [3.05, 3.63) is 0 Å². The van der Waals surface area contributed by atoms with Crippen LogP contribution in [0.25, 0.3) is 0 Å². The molecule has 0 aliphatic heterocycles. The molecule has 1 aliphatic rings. The standard InChI is InChI=1S/C23H32F12O3/c1-12(2)17(6,11-16(3,4)5)15(36)38-19(22(30,31)32,23(33,34)35)14-9-7-13(8-10-14)18(37,20(24,25)26)21(27,28)29/h12-14,37H,7-11H2,1-6H3. The number of hydrogen-bond donors (Lipinski definition) is 1. The number of aliphatic hydroxyl groups is 1. The SMILES string of the molecule is CC(C)C(C)(CC(C)(C)C)C(=O)OC(C1CCC(C(O)(C(F)(F)F)C(F)(F)F)CC1)(C(F)(F)F)C(F)(F)F. The first-order valence-corrected chi connectivity index (χ1v) is 11.7. The minimum Gasteiger partial charge on any atom is -0.439 e. The highest BCUT2D eigenvalue weighted by Gasteiger charge is 2.79. The van der Waals surface area contributed by atoms with Crippen molar-refractivity contribution >= 4 is 5.97 Å². The van der Waals surface area contributed by atoms with Crippen molar-refractivity contribution in [2.45, 2.75) is 110 Å². The van der Waals surface area contributed by atoms with Gasteiger partial charge in [0.05, 0.1) is 5.41 Å². The smallest absolute Gasteiger partial charge is 0.437 e. The number of rotatable bonds is 6. The van der Waals surface area contributed by atoms with Gasteiger partial charge < -0.3 is 9.84 Å². The molecule has 15 heteroatoms. The zero-order valence-electron chi connectivity index (χ0n) is 21.6. The first-order valence-electron chi connectivity index (χ1n) is 11.7. The van der Waals surface area contributed by atoms with Crippen LogP contribution in [-0.4, -0.2) is 47.0 Å². The number of esters is 1. The molecule has 1 atom stereocenters. The molecule has 0 radical (unpaired) electrons. The lowest BCUT2D eigenvalue weighted by Gasteiger charge is -2.48. The van der Waals surface area contributed by atoms with Gasteiger partial charge in [-0.25, -0.2) is 0 Å². The summed E-state index contributed by atoms with van der Waals surface area (Å²) in [7, 11) is 0. The van der Waals surface area contributed by atoms with E-state index in [9.17, 15) is 62.6 Å². The molecule has 0 bridgehead atoms. The summed E-state index contributed by atoms with van der Waals surface area (Å²) < 4.78 is 169. The number of halogens is 12. The van der Waals surface area contributed by atoms with E-state index >= 15 is 0 Å². The average Bonchev–Trinajstić information content (AvgIpc) is 2.66. The van der Waals surface area contributed by atoms with E-state index in [1.807, 2.05) is 0 Å². The van der Waals surface area contributed by atoms with E-state index in [4.69, 9.17) is 0 Å². The Morgan fingerprint density at radius 3 is 1.32 bits per heavy atom. The molecule has 38 heavy (non-hydrogen) atoms. The van der Waals surface area contributed by atoms with Crippen LogP contribution in [0.2, 0.25) is 0 Å². The summed E-state index contributed by atoms with van der Waals surface area (Å²) >= 11 is 0. The van der Waals surface area contributed by atoms with E-state index < -0.39 is 96.1 Å². The Balaban J connectivity index is 3.59. The number of alkyl halides is 12. The second-order valence-electron chi connectivity index (χ2n) is 11.7. The summed E-state index contributed by atoms with van der Waals surface area (Å²) in [5.41, 5.74) is -13.1. The van der Waals surface area contributed by atoms with Gasteiger partial charge in [-0.3, -0.25) is 4.79 Å². The molecule has 1 fully saturated rings. The molecular weight excluding hydrogens is 552 g/mol. The summed E-state index contributed by atoms with van der Waals surface area (Å²) in [6, 6.07) is 0. The molecule has 0 aromatic heterocycles. The molecule has 1 saturated carbocycles. The Morgan fingerprint density at radius 2 is 1.05 bits per heavy atom. The van der Waals surface area contributed by atoms with E-state index in [1.165, 1.54) is 13.8 Å². The van der Waals surface area contributed by atoms with Gasteiger partial charge in [-0.1, -0.05) is 34.6 Å². The molecule has 0 heterocycles. The Hall–Kier alpha value is -1.41. The predicted octanol–water partition coefficient (Wildman–Crippen LogP) is 8.15. The minimum atomic E-state index is -6.32. The van der Waals surface area contributed by atoms with Crippen molar-refractivity contribution in [3.63, 3.8) is 0 Å². The fourth-order valence-electron chi connectivity index (χ4n) is 5.24. The topological polar surface area (TPSA) is 46.5 Å². The summed E-state index contributed by atoms with van der Waals surface area (Å²) in [6.07, 6.45) is -31.4. The lowest BCUT2D eigenvalue weighted by atomic mass is 9.66. The lowest BCUT2D eigenvalue weighted by molar-refractivity contribution is -0.400. The van der Waals surface area contributed by atoms with E-state index in [2.05, 4.69) is 4.74 Å². The van der Waals surface area contributed by atoms with Crippen LogP contribution in [0.15, 0.2) is 0 Å². The average molecular weight is 584 g/mol.